The summed E-state index contributed by atoms with van der Waals surface area (Å²) in [6, 6.07) is 5.48. The number of halogens is 1. The van der Waals surface area contributed by atoms with Crippen LogP contribution in [0.2, 0.25) is 0 Å². The monoisotopic (exact) mass is 493 g/mol. The van der Waals surface area contributed by atoms with E-state index in [1.807, 2.05) is 39.1 Å². The van der Waals surface area contributed by atoms with Crippen molar-refractivity contribution in [3.8, 4) is 23.3 Å². The molecule has 1 heterocycles. The van der Waals surface area contributed by atoms with Crippen molar-refractivity contribution >= 4 is 21.9 Å². The fourth-order valence-electron chi connectivity index (χ4n) is 4.90. The summed E-state index contributed by atoms with van der Waals surface area (Å²) in [5, 5.41) is 12.1. The van der Waals surface area contributed by atoms with Gasteiger partial charge in [-0.25, -0.2) is 0 Å². The van der Waals surface area contributed by atoms with Crippen LogP contribution in [0.1, 0.15) is 45.6 Å². The molecule has 3 atom stereocenters. The zero-order valence-corrected chi connectivity index (χ0v) is 20.5. The van der Waals surface area contributed by atoms with Crippen LogP contribution in [0.25, 0.3) is 0 Å². The Morgan fingerprint density at radius 2 is 2.06 bits per heavy atom. The molecule has 7 heteroatoms. The van der Waals surface area contributed by atoms with Gasteiger partial charge in [-0.1, -0.05) is 40.3 Å². The molecule has 1 saturated heterocycles. The normalized spacial score (nSPS) is 30.3. The van der Waals surface area contributed by atoms with Crippen LogP contribution in [0, 0.1) is 17.3 Å². The maximum absolute atomic E-state index is 13.2. The standard InChI is InChI=1S/C24H32BrNO5/c1-6-30-21(27)22-12-8-13-23(25,16-26(4)15-22)24(22,28)14-11-18-9-7-10-19(29-5)20(18)31-17(2)3/h7,9-10,17,28H,6,8,12-13,15-16H2,1-5H3/t22-,23-,24+/m1/s1. The summed E-state index contributed by atoms with van der Waals surface area (Å²) in [6.07, 6.45) is 1.96. The van der Waals surface area contributed by atoms with Crippen molar-refractivity contribution in [1.82, 2.24) is 4.90 Å². The molecule has 2 aliphatic rings. The lowest BCUT2D eigenvalue weighted by Crippen LogP contribution is -2.75. The number of fused-ring (bicyclic) bond motifs is 2. The van der Waals surface area contributed by atoms with Gasteiger partial charge in [0.15, 0.2) is 17.1 Å². The minimum Gasteiger partial charge on any atom is -0.493 e. The zero-order valence-electron chi connectivity index (χ0n) is 19.0. The number of carbonyl (C=O) groups is 1. The highest BCUT2D eigenvalue weighted by Crippen LogP contribution is 2.57. The van der Waals surface area contributed by atoms with E-state index in [9.17, 15) is 9.90 Å². The van der Waals surface area contributed by atoms with Gasteiger partial charge in [0.1, 0.15) is 5.41 Å². The van der Waals surface area contributed by atoms with Gasteiger partial charge in [0.05, 0.1) is 29.7 Å². The number of nitrogens with zero attached hydrogens (tertiary/aromatic N) is 1. The van der Waals surface area contributed by atoms with Gasteiger partial charge in [0.25, 0.3) is 0 Å². The van der Waals surface area contributed by atoms with Gasteiger partial charge in [-0.2, -0.15) is 0 Å². The molecule has 0 unspecified atom stereocenters. The molecule has 2 fully saturated rings. The molecule has 1 saturated carbocycles. The largest absolute Gasteiger partial charge is 0.493 e. The van der Waals surface area contributed by atoms with E-state index in [2.05, 4.69) is 32.7 Å². The number of carbonyl (C=O) groups excluding carboxylic acids is 1. The molecule has 1 N–H and O–H groups in total. The van der Waals surface area contributed by atoms with Crippen molar-refractivity contribution in [2.24, 2.45) is 5.41 Å². The van der Waals surface area contributed by atoms with Crippen LogP contribution < -0.4 is 9.47 Å². The Morgan fingerprint density at radius 1 is 1.32 bits per heavy atom. The number of hydrogen-bond acceptors (Lipinski definition) is 6. The second-order valence-corrected chi connectivity index (χ2v) is 10.3. The van der Waals surface area contributed by atoms with Crippen LogP contribution in [-0.4, -0.2) is 65.9 Å². The average Bonchev–Trinajstić information content (AvgIpc) is 2.69. The van der Waals surface area contributed by atoms with Gasteiger partial charge in [-0.15, -0.1) is 0 Å². The predicted molar refractivity (Wildman–Crippen MR) is 123 cm³/mol. The van der Waals surface area contributed by atoms with Crippen molar-refractivity contribution in [3.63, 3.8) is 0 Å². The molecule has 0 radical (unpaired) electrons. The van der Waals surface area contributed by atoms with Gasteiger partial charge >= 0.3 is 5.97 Å². The maximum atomic E-state index is 13.2. The summed E-state index contributed by atoms with van der Waals surface area (Å²) in [7, 11) is 3.54. The molecule has 0 aromatic heterocycles. The lowest BCUT2D eigenvalue weighted by atomic mass is 9.55. The molecule has 1 aliphatic carbocycles. The lowest BCUT2D eigenvalue weighted by Gasteiger charge is -2.60. The number of hydrogen-bond donors (Lipinski definition) is 1. The minimum absolute atomic E-state index is 0.0731. The topological polar surface area (TPSA) is 68.2 Å². The number of para-hydroxylation sites is 1. The second kappa shape index (κ2) is 9.01. The molecular formula is C24H32BrNO5. The quantitative estimate of drug-likeness (QED) is 0.385. The maximum Gasteiger partial charge on any atom is 0.317 e. The summed E-state index contributed by atoms with van der Waals surface area (Å²) in [6.45, 7) is 6.86. The van der Waals surface area contributed by atoms with E-state index in [1.165, 1.54) is 0 Å². The number of benzene rings is 1. The highest BCUT2D eigenvalue weighted by molar-refractivity contribution is 9.10. The molecule has 2 bridgehead atoms. The Kier molecular flexibility index (Phi) is 6.95. The van der Waals surface area contributed by atoms with Crippen LogP contribution in [0.15, 0.2) is 18.2 Å². The molecular weight excluding hydrogens is 462 g/mol. The summed E-state index contributed by atoms with van der Waals surface area (Å²) >= 11 is 3.81. The Labute approximate surface area is 193 Å². The Bertz CT molecular complexity index is 894. The van der Waals surface area contributed by atoms with Crippen molar-refractivity contribution in [1.29, 1.82) is 0 Å². The number of ether oxygens (including phenoxy) is 3. The molecule has 1 aliphatic heterocycles. The fraction of sp³-hybridized carbons (Fsp3) is 0.625. The molecule has 0 spiro atoms. The van der Waals surface area contributed by atoms with E-state index in [0.717, 1.165) is 6.42 Å². The number of rotatable bonds is 5. The van der Waals surface area contributed by atoms with Crippen LogP contribution in [-0.2, 0) is 9.53 Å². The second-order valence-electron chi connectivity index (χ2n) is 8.76. The Hall–Kier alpha value is -1.75. The molecule has 1 aromatic carbocycles. The van der Waals surface area contributed by atoms with E-state index < -0.39 is 21.3 Å². The highest BCUT2D eigenvalue weighted by atomic mass is 79.9. The summed E-state index contributed by atoms with van der Waals surface area (Å²) < 4.78 is 16.1. The van der Waals surface area contributed by atoms with E-state index in [4.69, 9.17) is 14.2 Å². The SMILES string of the molecule is CCOC(=O)[C@@]12CCC[C@@](Br)(CN(C)C1)[C@]2(O)C#Cc1cccc(OC)c1OC(C)C. The first-order valence-electron chi connectivity index (χ1n) is 10.8. The van der Waals surface area contributed by atoms with Gasteiger partial charge in [-0.3, -0.25) is 4.79 Å². The first-order valence-corrected chi connectivity index (χ1v) is 11.6. The third-order valence-corrected chi connectivity index (χ3v) is 7.40. The summed E-state index contributed by atoms with van der Waals surface area (Å²) in [4.78, 5) is 15.3. The molecule has 31 heavy (non-hydrogen) atoms. The fourth-order valence-corrected chi connectivity index (χ4v) is 6.08. The van der Waals surface area contributed by atoms with Crippen molar-refractivity contribution in [2.75, 3.05) is 33.9 Å². The number of esters is 1. The van der Waals surface area contributed by atoms with Gasteiger partial charge in [0, 0.05) is 13.1 Å². The van der Waals surface area contributed by atoms with Crippen LogP contribution >= 0.6 is 15.9 Å². The summed E-state index contributed by atoms with van der Waals surface area (Å²) in [5.74, 6) is 6.96. The molecule has 0 amide bonds. The first-order chi connectivity index (χ1) is 14.6. The smallest absolute Gasteiger partial charge is 0.317 e. The van der Waals surface area contributed by atoms with E-state index in [0.29, 0.717) is 43.0 Å². The van der Waals surface area contributed by atoms with Crippen LogP contribution in [0.5, 0.6) is 11.5 Å². The van der Waals surface area contributed by atoms with Gasteiger partial charge in [-0.05, 0) is 52.8 Å². The van der Waals surface area contributed by atoms with Gasteiger partial charge in [0.2, 0.25) is 0 Å². The lowest BCUT2D eigenvalue weighted by molar-refractivity contribution is -0.191. The third-order valence-electron chi connectivity index (χ3n) is 6.17. The molecule has 3 rings (SSSR count). The number of aliphatic hydroxyl groups is 1. The molecule has 6 nitrogen and oxygen atoms in total. The highest BCUT2D eigenvalue weighted by Gasteiger charge is 2.70. The van der Waals surface area contributed by atoms with Crippen molar-refractivity contribution in [3.05, 3.63) is 23.8 Å². The van der Waals surface area contributed by atoms with E-state index in [1.54, 1.807) is 14.0 Å². The predicted octanol–water partition coefficient (Wildman–Crippen LogP) is 3.38. The van der Waals surface area contributed by atoms with Crippen LogP contribution in [0.3, 0.4) is 0 Å². The van der Waals surface area contributed by atoms with Crippen molar-refractivity contribution in [2.45, 2.75) is 56.1 Å². The number of methoxy groups -OCH3 is 1. The first kappa shape index (κ1) is 23.9. The Balaban J connectivity index is 2.15. The number of piperidine rings is 1. The van der Waals surface area contributed by atoms with E-state index >= 15 is 0 Å². The molecule has 1 aromatic rings. The summed E-state index contributed by atoms with van der Waals surface area (Å²) in [5.41, 5.74) is -2.13. The minimum atomic E-state index is -1.60. The number of likely N-dealkylation sites (tertiary alicyclic amines) is 1. The molecule has 170 valence electrons. The van der Waals surface area contributed by atoms with Crippen molar-refractivity contribution < 1.29 is 24.1 Å². The van der Waals surface area contributed by atoms with E-state index in [-0.39, 0.29) is 12.7 Å². The zero-order chi connectivity index (χ0) is 22.9. The third kappa shape index (κ3) is 4.06. The number of alkyl halides is 1. The van der Waals surface area contributed by atoms with Crippen LogP contribution in [0.4, 0.5) is 0 Å². The average molecular weight is 494 g/mol. The van der Waals surface area contributed by atoms with Gasteiger partial charge < -0.3 is 24.2 Å². The Morgan fingerprint density at radius 3 is 2.71 bits per heavy atom.